The highest BCUT2D eigenvalue weighted by Crippen LogP contribution is 2.16. The van der Waals surface area contributed by atoms with Crippen LogP contribution in [0.4, 0.5) is 5.69 Å². The van der Waals surface area contributed by atoms with Gasteiger partial charge in [-0.2, -0.15) is 0 Å². The molecule has 6 heteroatoms. The van der Waals surface area contributed by atoms with Gasteiger partial charge in [0.25, 0.3) is 5.91 Å². The fourth-order valence-electron chi connectivity index (χ4n) is 1.48. The van der Waals surface area contributed by atoms with E-state index in [0.29, 0.717) is 10.9 Å². The van der Waals surface area contributed by atoms with E-state index in [4.69, 9.17) is 0 Å². The molecular formula is C13H12BrN3OS. The summed E-state index contributed by atoms with van der Waals surface area (Å²) in [7, 11) is 0. The molecule has 98 valence electrons. The maximum atomic E-state index is 12.1. The molecule has 0 aliphatic rings. The van der Waals surface area contributed by atoms with Crippen molar-refractivity contribution in [1.82, 2.24) is 9.97 Å². The van der Waals surface area contributed by atoms with Gasteiger partial charge in [0.1, 0.15) is 5.69 Å². The first-order valence-corrected chi connectivity index (χ1v) is 7.57. The van der Waals surface area contributed by atoms with Gasteiger partial charge in [0, 0.05) is 15.9 Å². The molecule has 1 N–H and O–H groups in total. The number of hydrogen-bond acceptors (Lipinski definition) is 4. The minimum Gasteiger partial charge on any atom is -0.321 e. The van der Waals surface area contributed by atoms with Gasteiger partial charge in [-0.15, -0.1) is 0 Å². The van der Waals surface area contributed by atoms with E-state index >= 15 is 0 Å². The summed E-state index contributed by atoms with van der Waals surface area (Å²) in [4.78, 5) is 20.5. The van der Waals surface area contributed by atoms with Crippen LogP contribution < -0.4 is 5.32 Å². The maximum absolute atomic E-state index is 12.1. The summed E-state index contributed by atoms with van der Waals surface area (Å²) in [5.74, 6) is -0.233. The van der Waals surface area contributed by atoms with Crippen LogP contribution in [0.5, 0.6) is 0 Å². The van der Waals surface area contributed by atoms with E-state index in [-0.39, 0.29) is 5.91 Å². The van der Waals surface area contributed by atoms with Crippen LogP contribution in [0.2, 0.25) is 0 Å². The molecule has 1 aromatic carbocycles. The summed E-state index contributed by atoms with van der Waals surface area (Å²) in [5, 5.41) is 3.40. The zero-order valence-electron chi connectivity index (χ0n) is 10.5. The van der Waals surface area contributed by atoms with Gasteiger partial charge in [-0.3, -0.25) is 4.79 Å². The van der Waals surface area contributed by atoms with Crippen LogP contribution in [0.3, 0.4) is 0 Å². The van der Waals surface area contributed by atoms with Gasteiger partial charge >= 0.3 is 0 Å². The first-order valence-electron chi connectivity index (χ1n) is 5.55. The van der Waals surface area contributed by atoms with Gasteiger partial charge in [-0.05, 0) is 43.5 Å². The average molecular weight is 338 g/mol. The number of nitrogens with one attached hydrogen (secondary N) is 1. The second-order valence-corrected chi connectivity index (χ2v) is 5.53. The lowest BCUT2D eigenvalue weighted by atomic mass is 10.3. The molecule has 0 bridgehead atoms. The normalized spacial score (nSPS) is 10.3. The molecule has 0 saturated carbocycles. The third kappa shape index (κ3) is 3.78. The topological polar surface area (TPSA) is 54.9 Å². The van der Waals surface area contributed by atoms with Crippen molar-refractivity contribution in [2.24, 2.45) is 0 Å². The van der Waals surface area contributed by atoms with Gasteiger partial charge in [-0.25, -0.2) is 9.97 Å². The van der Waals surface area contributed by atoms with Crippen molar-refractivity contribution in [1.29, 1.82) is 0 Å². The third-order valence-corrected chi connectivity index (χ3v) is 3.43. The second kappa shape index (κ2) is 6.16. The van der Waals surface area contributed by atoms with Gasteiger partial charge in [0.05, 0.1) is 0 Å². The van der Waals surface area contributed by atoms with Gasteiger partial charge in [-0.1, -0.05) is 27.7 Å². The third-order valence-electron chi connectivity index (χ3n) is 2.35. The fourth-order valence-corrected chi connectivity index (χ4v) is 2.17. The number of halogens is 1. The minimum atomic E-state index is -0.233. The molecule has 0 fully saturated rings. The van der Waals surface area contributed by atoms with E-state index in [1.54, 1.807) is 6.07 Å². The van der Waals surface area contributed by atoms with E-state index < -0.39 is 0 Å². The van der Waals surface area contributed by atoms with E-state index in [2.05, 4.69) is 31.2 Å². The van der Waals surface area contributed by atoms with Gasteiger partial charge in [0.15, 0.2) is 5.16 Å². The molecule has 1 aromatic heterocycles. The molecule has 0 radical (unpaired) electrons. The van der Waals surface area contributed by atoms with Crippen molar-refractivity contribution in [2.45, 2.75) is 12.1 Å². The number of benzene rings is 1. The Hall–Kier alpha value is -1.40. The lowest BCUT2D eigenvalue weighted by Gasteiger charge is -2.06. The molecule has 1 amide bonds. The van der Waals surface area contributed by atoms with Crippen molar-refractivity contribution < 1.29 is 4.79 Å². The zero-order valence-corrected chi connectivity index (χ0v) is 12.9. The number of hydrogen-bond donors (Lipinski definition) is 1. The summed E-state index contributed by atoms with van der Waals surface area (Å²) in [6.07, 6.45) is 1.88. The van der Waals surface area contributed by atoms with Crippen molar-refractivity contribution >= 4 is 39.3 Å². The van der Waals surface area contributed by atoms with Crippen molar-refractivity contribution in [3.05, 3.63) is 46.2 Å². The fraction of sp³-hybridized carbons (Fsp3) is 0.154. The van der Waals surface area contributed by atoms with E-state index in [1.807, 2.05) is 37.4 Å². The molecule has 2 rings (SSSR count). The average Bonchev–Trinajstić information content (AvgIpc) is 2.40. The second-order valence-electron chi connectivity index (χ2n) is 3.84. The number of rotatable bonds is 3. The van der Waals surface area contributed by atoms with Crippen LogP contribution in [0.1, 0.15) is 16.2 Å². The predicted octanol–water partition coefficient (Wildman–Crippen LogP) is 3.52. The molecule has 0 saturated heterocycles. The SMILES string of the molecule is CSc1nc(C)cc(C(=O)Nc2ccc(Br)cc2)n1. The Morgan fingerprint density at radius 3 is 2.58 bits per heavy atom. The number of carbonyl (C=O) groups is 1. The zero-order chi connectivity index (χ0) is 13.8. The Kier molecular flexibility index (Phi) is 4.55. The van der Waals surface area contributed by atoms with Crippen molar-refractivity contribution in [3.63, 3.8) is 0 Å². The van der Waals surface area contributed by atoms with Crippen LogP contribution >= 0.6 is 27.7 Å². The smallest absolute Gasteiger partial charge is 0.274 e. The van der Waals surface area contributed by atoms with E-state index in [0.717, 1.165) is 15.9 Å². The monoisotopic (exact) mass is 337 g/mol. The Morgan fingerprint density at radius 2 is 1.95 bits per heavy atom. The van der Waals surface area contributed by atoms with Gasteiger partial charge < -0.3 is 5.32 Å². The van der Waals surface area contributed by atoms with Crippen LogP contribution in [-0.4, -0.2) is 22.1 Å². The molecule has 0 atom stereocenters. The van der Waals surface area contributed by atoms with Crippen molar-refractivity contribution in [3.8, 4) is 0 Å². The van der Waals surface area contributed by atoms with Crippen LogP contribution in [0, 0.1) is 6.92 Å². The molecule has 0 aliphatic heterocycles. The van der Waals surface area contributed by atoms with Gasteiger partial charge in [0.2, 0.25) is 0 Å². The molecule has 0 aliphatic carbocycles. The summed E-state index contributed by atoms with van der Waals surface area (Å²) >= 11 is 4.76. The molecule has 1 heterocycles. The molecular weight excluding hydrogens is 326 g/mol. The first kappa shape index (κ1) is 14.0. The number of aromatic nitrogens is 2. The molecule has 19 heavy (non-hydrogen) atoms. The molecule has 0 unspecified atom stereocenters. The van der Waals surface area contributed by atoms with Crippen LogP contribution in [0.15, 0.2) is 40.0 Å². The lowest BCUT2D eigenvalue weighted by molar-refractivity contribution is 0.102. The highest BCUT2D eigenvalue weighted by Gasteiger charge is 2.10. The largest absolute Gasteiger partial charge is 0.321 e. The number of amides is 1. The lowest BCUT2D eigenvalue weighted by Crippen LogP contribution is -2.14. The molecule has 0 spiro atoms. The molecule has 4 nitrogen and oxygen atoms in total. The number of aryl methyl sites for hydroxylation is 1. The van der Waals surface area contributed by atoms with Crippen molar-refractivity contribution in [2.75, 3.05) is 11.6 Å². The minimum absolute atomic E-state index is 0.233. The first-order chi connectivity index (χ1) is 9.08. The van der Waals surface area contributed by atoms with Crippen LogP contribution in [-0.2, 0) is 0 Å². The van der Waals surface area contributed by atoms with E-state index in [1.165, 1.54) is 11.8 Å². The Balaban J connectivity index is 2.20. The summed E-state index contributed by atoms with van der Waals surface area (Å²) < 4.78 is 0.966. The number of thioether (sulfide) groups is 1. The Morgan fingerprint density at radius 1 is 1.26 bits per heavy atom. The summed E-state index contributed by atoms with van der Waals surface area (Å²) in [6.45, 7) is 1.85. The summed E-state index contributed by atoms with van der Waals surface area (Å²) in [6, 6.07) is 9.06. The van der Waals surface area contributed by atoms with Crippen LogP contribution in [0.25, 0.3) is 0 Å². The quantitative estimate of drug-likeness (QED) is 0.687. The number of nitrogens with zero attached hydrogens (tertiary/aromatic N) is 2. The summed E-state index contributed by atoms with van der Waals surface area (Å²) in [5.41, 5.74) is 1.88. The van der Waals surface area contributed by atoms with E-state index in [9.17, 15) is 4.79 Å². The Labute approximate surface area is 124 Å². The highest BCUT2D eigenvalue weighted by atomic mass is 79.9. The Bertz CT molecular complexity index is 601. The highest BCUT2D eigenvalue weighted by molar-refractivity contribution is 9.10. The molecule has 2 aromatic rings. The number of carbonyl (C=O) groups excluding carboxylic acids is 1. The number of anilines is 1. The standard InChI is InChI=1S/C13H12BrN3OS/c1-8-7-11(17-13(15-8)19-2)12(18)16-10-5-3-9(14)4-6-10/h3-7H,1-2H3,(H,16,18). The maximum Gasteiger partial charge on any atom is 0.274 e. The predicted molar refractivity (Wildman–Crippen MR) is 80.6 cm³/mol.